The monoisotopic (exact) mass is 308 g/mol. The first-order chi connectivity index (χ1) is 8.56. The third-order valence-corrected chi connectivity index (χ3v) is 2.91. The highest BCUT2D eigenvalue weighted by Gasteiger charge is 2.07. The molecule has 18 heavy (non-hydrogen) atoms. The summed E-state index contributed by atoms with van der Waals surface area (Å²) in [6.45, 7) is -0.1000. The van der Waals surface area contributed by atoms with Crippen LogP contribution < -0.4 is 11.2 Å². The van der Waals surface area contributed by atoms with Gasteiger partial charge in [0.25, 0.3) is 5.56 Å². The van der Waals surface area contributed by atoms with Crippen LogP contribution in [0.15, 0.2) is 50.6 Å². The summed E-state index contributed by atoms with van der Waals surface area (Å²) in [5.41, 5.74) is -0.559. The van der Waals surface area contributed by atoms with Gasteiger partial charge >= 0.3 is 5.69 Å². The molecular formula is C12H9BrN2O3. The highest BCUT2D eigenvalue weighted by atomic mass is 79.9. The van der Waals surface area contributed by atoms with Gasteiger partial charge in [0.2, 0.25) is 0 Å². The number of benzene rings is 1. The first-order valence-electron chi connectivity index (χ1n) is 5.15. The fourth-order valence-corrected chi connectivity index (χ4v) is 1.71. The van der Waals surface area contributed by atoms with Crippen molar-refractivity contribution >= 4 is 21.7 Å². The van der Waals surface area contributed by atoms with Gasteiger partial charge in [0, 0.05) is 22.3 Å². The van der Waals surface area contributed by atoms with E-state index in [2.05, 4.69) is 20.9 Å². The van der Waals surface area contributed by atoms with E-state index in [0.29, 0.717) is 5.56 Å². The Labute approximate surface area is 110 Å². The number of carbonyl (C=O) groups excluding carboxylic acids is 1. The van der Waals surface area contributed by atoms with Gasteiger partial charge in [-0.05, 0) is 12.1 Å². The zero-order chi connectivity index (χ0) is 13.1. The van der Waals surface area contributed by atoms with Gasteiger partial charge < -0.3 is 0 Å². The molecule has 1 aromatic carbocycles. The predicted octanol–water partition coefficient (Wildman–Crippen LogP) is 1.18. The minimum atomic E-state index is -0.590. The summed E-state index contributed by atoms with van der Waals surface area (Å²) in [6.07, 6.45) is 1.30. The molecule has 0 fully saturated rings. The standard InChI is InChI=1S/C12H9BrN2O3/c13-9-3-1-8(2-4-9)10(16)7-15-6-5-11(17)14-12(15)18/h1-6H,7H2,(H,14,17,18). The van der Waals surface area contributed by atoms with E-state index < -0.39 is 11.2 Å². The second kappa shape index (κ2) is 5.14. The van der Waals surface area contributed by atoms with Crippen molar-refractivity contribution < 1.29 is 4.79 Å². The van der Waals surface area contributed by atoms with Crippen LogP contribution in [0.5, 0.6) is 0 Å². The fraction of sp³-hybridized carbons (Fsp3) is 0.0833. The molecule has 0 saturated carbocycles. The van der Waals surface area contributed by atoms with E-state index in [1.807, 2.05) is 0 Å². The summed E-state index contributed by atoms with van der Waals surface area (Å²) >= 11 is 3.27. The molecule has 0 bridgehead atoms. The molecule has 1 N–H and O–H groups in total. The van der Waals surface area contributed by atoms with Gasteiger partial charge in [0.05, 0.1) is 6.54 Å². The van der Waals surface area contributed by atoms with Gasteiger partial charge in [-0.3, -0.25) is 19.1 Å². The van der Waals surface area contributed by atoms with Crippen molar-refractivity contribution in [3.8, 4) is 0 Å². The Kier molecular flexibility index (Phi) is 3.57. The third-order valence-electron chi connectivity index (χ3n) is 2.38. The average Bonchev–Trinajstić information content (AvgIpc) is 2.33. The molecule has 0 amide bonds. The summed E-state index contributed by atoms with van der Waals surface area (Å²) in [5.74, 6) is -0.198. The summed E-state index contributed by atoms with van der Waals surface area (Å²) in [6, 6.07) is 8.05. The number of H-pyrrole nitrogens is 1. The lowest BCUT2D eigenvalue weighted by Crippen LogP contribution is -2.30. The summed E-state index contributed by atoms with van der Waals surface area (Å²) < 4.78 is 2.03. The molecule has 5 nitrogen and oxygen atoms in total. The Balaban J connectivity index is 2.24. The number of hydrogen-bond acceptors (Lipinski definition) is 3. The molecule has 0 aliphatic rings. The number of halogens is 1. The van der Waals surface area contributed by atoms with Crippen LogP contribution in [-0.4, -0.2) is 15.3 Å². The molecule has 0 atom stereocenters. The molecule has 1 aromatic heterocycles. The first-order valence-corrected chi connectivity index (χ1v) is 5.94. The van der Waals surface area contributed by atoms with E-state index in [4.69, 9.17) is 0 Å². The van der Waals surface area contributed by atoms with Crippen molar-refractivity contribution in [1.82, 2.24) is 9.55 Å². The highest BCUT2D eigenvalue weighted by molar-refractivity contribution is 9.10. The first kappa shape index (κ1) is 12.5. The predicted molar refractivity (Wildman–Crippen MR) is 69.8 cm³/mol. The van der Waals surface area contributed by atoms with Crippen molar-refractivity contribution in [2.45, 2.75) is 6.54 Å². The zero-order valence-electron chi connectivity index (χ0n) is 9.22. The second-order valence-corrected chi connectivity index (χ2v) is 4.58. The van der Waals surface area contributed by atoms with Crippen LogP contribution in [0, 0.1) is 0 Å². The lowest BCUT2D eigenvalue weighted by molar-refractivity contribution is 0.0970. The van der Waals surface area contributed by atoms with E-state index in [0.717, 1.165) is 9.04 Å². The third kappa shape index (κ3) is 2.84. The number of nitrogens with zero attached hydrogens (tertiary/aromatic N) is 1. The highest BCUT2D eigenvalue weighted by Crippen LogP contribution is 2.11. The normalized spacial score (nSPS) is 10.3. The minimum Gasteiger partial charge on any atom is -0.293 e. The number of ketones is 1. The molecule has 0 unspecified atom stereocenters. The largest absolute Gasteiger partial charge is 0.328 e. The van der Waals surface area contributed by atoms with E-state index in [1.54, 1.807) is 24.3 Å². The Morgan fingerprint density at radius 3 is 2.44 bits per heavy atom. The van der Waals surface area contributed by atoms with Crippen LogP contribution >= 0.6 is 15.9 Å². The van der Waals surface area contributed by atoms with E-state index >= 15 is 0 Å². The van der Waals surface area contributed by atoms with Crippen LogP contribution in [0.1, 0.15) is 10.4 Å². The van der Waals surface area contributed by atoms with Crippen LogP contribution in [-0.2, 0) is 6.54 Å². The van der Waals surface area contributed by atoms with E-state index in [-0.39, 0.29) is 12.3 Å². The summed E-state index contributed by atoms with van der Waals surface area (Å²) in [5, 5.41) is 0. The van der Waals surface area contributed by atoms with Crippen molar-refractivity contribution in [1.29, 1.82) is 0 Å². The molecule has 0 spiro atoms. The lowest BCUT2D eigenvalue weighted by Gasteiger charge is -2.03. The number of nitrogens with one attached hydrogen (secondary N) is 1. The maximum atomic E-state index is 11.9. The lowest BCUT2D eigenvalue weighted by atomic mass is 10.1. The maximum absolute atomic E-state index is 11.9. The summed E-state index contributed by atoms with van der Waals surface area (Å²) in [7, 11) is 0. The van der Waals surface area contributed by atoms with Crippen molar-refractivity contribution in [2.75, 3.05) is 0 Å². The molecular weight excluding hydrogens is 300 g/mol. The number of rotatable bonds is 3. The Bertz CT molecular complexity index is 685. The van der Waals surface area contributed by atoms with Crippen LogP contribution in [0.2, 0.25) is 0 Å². The van der Waals surface area contributed by atoms with Crippen molar-refractivity contribution in [2.24, 2.45) is 0 Å². The number of hydrogen-bond donors (Lipinski definition) is 1. The molecule has 1 heterocycles. The molecule has 0 radical (unpaired) electrons. The minimum absolute atomic E-state index is 0.1000. The molecule has 0 saturated heterocycles. The van der Waals surface area contributed by atoms with Crippen molar-refractivity contribution in [3.05, 3.63) is 67.4 Å². The van der Waals surface area contributed by atoms with Crippen LogP contribution in [0.3, 0.4) is 0 Å². The average molecular weight is 309 g/mol. The van der Waals surface area contributed by atoms with Crippen molar-refractivity contribution in [3.63, 3.8) is 0 Å². The van der Waals surface area contributed by atoms with Gasteiger partial charge in [0.1, 0.15) is 0 Å². The van der Waals surface area contributed by atoms with Gasteiger partial charge in [0.15, 0.2) is 5.78 Å². The van der Waals surface area contributed by atoms with E-state index in [1.165, 1.54) is 12.3 Å². The second-order valence-electron chi connectivity index (χ2n) is 3.67. The SMILES string of the molecule is O=C(Cn1ccc(=O)[nH]c1=O)c1ccc(Br)cc1. The van der Waals surface area contributed by atoms with Crippen LogP contribution in [0.25, 0.3) is 0 Å². The topological polar surface area (TPSA) is 71.9 Å². The maximum Gasteiger partial charge on any atom is 0.328 e. The molecule has 6 heteroatoms. The van der Waals surface area contributed by atoms with Gasteiger partial charge in [-0.25, -0.2) is 4.79 Å². The number of aromatic amines is 1. The number of carbonyl (C=O) groups is 1. The smallest absolute Gasteiger partial charge is 0.293 e. The number of aromatic nitrogens is 2. The molecule has 2 rings (SSSR count). The van der Waals surface area contributed by atoms with Gasteiger partial charge in [-0.2, -0.15) is 0 Å². The van der Waals surface area contributed by atoms with Crippen LogP contribution in [0.4, 0.5) is 0 Å². The Morgan fingerprint density at radius 1 is 1.17 bits per heavy atom. The molecule has 0 aliphatic carbocycles. The zero-order valence-corrected chi connectivity index (χ0v) is 10.8. The summed E-state index contributed by atoms with van der Waals surface area (Å²) in [4.78, 5) is 36.3. The van der Waals surface area contributed by atoms with Gasteiger partial charge in [-0.1, -0.05) is 28.1 Å². The quantitative estimate of drug-likeness (QED) is 0.866. The fourth-order valence-electron chi connectivity index (χ4n) is 1.45. The Morgan fingerprint density at radius 2 is 1.83 bits per heavy atom. The Hall–Kier alpha value is -1.95. The molecule has 2 aromatic rings. The number of Topliss-reactive ketones (excluding diaryl/α,β-unsaturated/α-hetero) is 1. The molecule has 0 aliphatic heterocycles. The molecule has 92 valence electrons. The van der Waals surface area contributed by atoms with E-state index in [9.17, 15) is 14.4 Å². The van der Waals surface area contributed by atoms with Gasteiger partial charge in [-0.15, -0.1) is 0 Å².